The Morgan fingerprint density at radius 1 is 1.47 bits per heavy atom. The monoisotopic (exact) mass is 239 g/mol. The third kappa shape index (κ3) is 4.26. The predicted molar refractivity (Wildman–Crippen MR) is 62.9 cm³/mol. The van der Waals surface area contributed by atoms with E-state index in [1.54, 1.807) is 26.1 Å². The van der Waals surface area contributed by atoms with Crippen molar-refractivity contribution in [3.8, 4) is 5.88 Å². The van der Waals surface area contributed by atoms with Gasteiger partial charge >= 0.3 is 5.97 Å². The minimum atomic E-state index is -0.494. The molecule has 0 saturated heterocycles. The molecule has 1 atom stereocenters. The van der Waals surface area contributed by atoms with Crippen LogP contribution in [-0.4, -0.2) is 35.2 Å². The molecule has 0 aromatic carbocycles. The molecule has 0 spiro atoms. The molecule has 1 N–H and O–H groups in total. The van der Waals surface area contributed by atoms with E-state index in [1.807, 2.05) is 6.92 Å². The summed E-state index contributed by atoms with van der Waals surface area (Å²) in [5, 5.41) is 2.85. The highest BCUT2D eigenvalue weighted by Crippen LogP contribution is 2.09. The zero-order valence-electron chi connectivity index (χ0n) is 10.3. The third-order valence-electron chi connectivity index (χ3n) is 1.91. The fraction of sp³-hybridized carbons (Fsp3) is 0.545. The van der Waals surface area contributed by atoms with Crippen molar-refractivity contribution in [1.29, 1.82) is 0 Å². The van der Waals surface area contributed by atoms with E-state index in [-0.39, 0.29) is 5.97 Å². The van der Waals surface area contributed by atoms with Crippen molar-refractivity contribution in [1.82, 2.24) is 9.97 Å². The van der Waals surface area contributed by atoms with Gasteiger partial charge in [0.05, 0.1) is 13.2 Å². The summed E-state index contributed by atoms with van der Waals surface area (Å²) in [4.78, 5) is 19.5. The summed E-state index contributed by atoms with van der Waals surface area (Å²) in [7, 11) is 0. The molecule has 1 aromatic rings. The Labute approximate surface area is 100 Å². The smallest absolute Gasteiger partial charge is 0.328 e. The maximum absolute atomic E-state index is 11.4. The number of aromatic nitrogens is 2. The van der Waals surface area contributed by atoms with Crippen LogP contribution in [0.4, 0.5) is 5.95 Å². The van der Waals surface area contributed by atoms with Crippen LogP contribution in [-0.2, 0) is 9.53 Å². The highest BCUT2D eigenvalue weighted by Gasteiger charge is 2.14. The minimum absolute atomic E-state index is 0.335. The summed E-state index contributed by atoms with van der Waals surface area (Å²) >= 11 is 0. The molecule has 94 valence electrons. The lowest BCUT2D eigenvalue weighted by atomic mass is 10.3. The summed E-state index contributed by atoms with van der Waals surface area (Å²) in [5.74, 6) is 0.482. The van der Waals surface area contributed by atoms with Gasteiger partial charge in [-0.05, 0) is 20.8 Å². The van der Waals surface area contributed by atoms with E-state index in [2.05, 4.69) is 15.3 Å². The minimum Gasteiger partial charge on any atom is -0.478 e. The molecule has 6 nitrogen and oxygen atoms in total. The Morgan fingerprint density at radius 2 is 2.24 bits per heavy atom. The summed E-state index contributed by atoms with van der Waals surface area (Å²) in [6, 6.07) is 1.16. The number of hydrogen-bond acceptors (Lipinski definition) is 6. The molecule has 1 aromatic heterocycles. The maximum atomic E-state index is 11.4. The Kier molecular flexibility index (Phi) is 5.19. The number of nitrogens with zero attached hydrogens (tertiary/aromatic N) is 2. The first-order valence-electron chi connectivity index (χ1n) is 5.56. The predicted octanol–water partition coefficient (Wildman–Crippen LogP) is 1.24. The van der Waals surface area contributed by atoms with Crippen LogP contribution in [0.2, 0.25) is 0 Å². The molecule has 6 heteroatoms. The van der Waals surface area contributed by atoms with Crippen molar-refractivity contribution in [2.75, 3.05) is 18.5 Å². The van der Waals surface area contributed by atoms with Crippen molar-refractivity contribution in [3.05, 3.63) is 12.3 Å². The van der Waals surface area contributed by atoms with Crippen LogP contribution < -0.4 is 10.1 Å². The van der Waals surface area contributed by atoms with Gasteiger partial charge in [-0.3, -0.25) is 0 Å². The summed E-state index contributed by atoms with van der Waals surface area (Å²) < 4.78 is 10.1. The van der Waals surface area contributed by atoms with Crippen LogP contribution in [0.25, 0.3) is 0 Å². The molecule has 0 amide bonds. The number of esters is 1. The molecule has 1 rings (SSSR count). The average molecular weight is 239 g/mol. The molecule has 0 aliphatic rings. The molecule has 0 aliphatic heterocycles. The number of carbonyl (C=O) groups is 1. The molecule has 0 fully saturated rings. The van der Waals surface area contributed by atoms with Gasteiger partial charge in [0.1, 0.15) is 6.04 Å². The molecule has 17 heavy (non-hydrogen) atoms. The number of carbonyl (C=O) groups excluding carboxylic acids is 1. The molecular weight excluding hydrogens is 222 g/mol. The second-order valence-corrected chi connectivity index (χ2v) is 3.27. The van der Waals surface area contributed by atoms with E-state index < -0.39 is 6.04 Å². The van der Waals surface area contributed by atoms with Crippen LogP contribution in [0.1, 0.15) is 20.8 Å². The highest BCUT2D eigenvalue weighted by atomic mass is 16.5. The van der Waals surface area contributed by atoms with Gasteiger partial charge in [-0.25, -0.2) is 9.78 Å². The van der Waals surface area contributed by atoms with Gasteiger partial charge in [-0.1, -0.05) is 0 Å². The van der Waals surface area contributed by atoms with Gasteiger partial charge in [0.25, 0.3) is 0 Å². The normalized spacial score (nSPS) is 11.7. The number of nitrogens with one attached hydrogen (secondary N) is 1. The van der Waals surface area contributed by atoms with Crippen LogP contribution >= 0.6 is 0 Å². The highest BCUT2D eigenvalue weighted by molar-refractivity contribution is 5.78. The molecule has 0 aliphatic carbocycles. The zero-order chi connectivity index (χ0) is 12.7. The van der Waals surface area contributed by atoms with Crippen LogP contribution in [0.5, 0.6) is 5.88 Å². The lowest BCUT2D eigenvalue weighted by Crippen LogP contribution is -2.29. The molecule has 0 radical (unpaired) electrons. The average Bonchev–Trinajstić information content (AvgIpc) is 2.30. The van der Waals surface area contributed by atoms with Crippen molar-refractivity contribution in [3.63, 3.8) is 0 Å². The number of ether oxygens (including phenoxy) is 2. The molecule has 0 bridgehead atoms. The summed E-state index contributed by atoms with van der Waals surface area (Å²) in [5.41, 5.74) is 0. The fourth-order valence-electron chi connectivity index (χ4n) is 1.16. The quantitative estimate of drug-likeness (QED) is 0.753. The van der Waals surface area contributed by atoms with Gasteiger partial charge in [0, 0.05) is 12.3 Å². The van der Waals surface area contributed by atoms with Crippen molar-refractivity contribution >= 4 is 11.9 Å². The Bertz CT molecular complexity index is 371. The zero-order valence-corrected chi connectivity index (χ0v) is 10.3. The maximum Gasteiger partial charge on any atom is 0.328 e. The summed E-state index contributed by atoms with van der Waals surface area (Å²) in [6.07, 6.45) is 1.57. The van der Waals surface area contributed by atoms with Gasteiger partial charge in [0.2, 0.25) is 11.8 Å². The first-order valence-corrected chi connectivity index (χ1v) is 5.56. The third-order valence-corrected chi connectivity index (χ3v) is 1.91. The molecule has 1 unspecified atom stereocenters. The topological polar surface area (TPSA) is 73.3 Å². The number of anilines is 1. The number of rotatable bonds is 6. The van der Waals surface area contributed by atoms with E-state index in [1.165, 1.54) is 0 Å². The first-order chi connectivity index (χ1) is 8.17. The Morgan fingerprint density at radius 3 is 2.88 bits per heavy atom. The number of hydrogen-bond donors (Lipinski definition) is 1. The van der Waals surface area contributed by atoms with Crippen LogP contribution in [0.15, 0.2) is 12.3 Å². The van der Waals surface area contributed by atoms with E-state index >= 15 is 0 Å². The van der Waals surface area contributed by atoms with Crippen molar-refractivity contribution < 1.29 is 14.3 Å². The first kappa shape index (κ1) is 13.2. The van der Waals surface area contributed by atoms with E-state index in [0.717, 1.165) is 0 Å². The molecule has 0 saturated carbocycles. The van der Waals surface area contributed by atoms with Crippen LogP contribution in [0.3, 0.4) is 0 Å². The lowest BCUT2D eigenvalue weighted by molar-refractivity contribution is -0.143. The molecular formula is C11H17N3O3. The van der Waals surface area contributed by atoms with Gasteiger partial charge in [-0.2, -0.15) is 4.98 Å². The SMILES string of the molecule is CCOC(=O)C(C)Nc1nccc(OCC)n1. The fourth-order valence-corrected chi connectivity index (χ4v) is 1.16. The Balaban J connectivity index is 2.61. The Hall–Kier alpha value is -1.85. The van der Waals surface area contributed by atoms with Gasteiger partial charge in [-0.15, -0.1) is 0 Å². The lowest BCUT2D eigenvalue weighted by Gasteiger charge is -2.12. The van der Waals surface area contributed by atoms with Gasteiger partial charge in [0.15, 0.2) is 0 Å². The summed E-state index contributed by atoms with van der Waals surface area (Å²) in [6.45, 7) is 6.20. The van der Waals surface area contributed by atoms with Crippen LogP contribution in [0, 0.1) is 0 Å². The molecule has 1 heterocycles. The van der Waals surface area contributed by atoms with E-state index in [0.29, 0.717) is 25.0 Å². The standard InChI is InChI=1S/C11H17N3O3/c1-4-16-9-6-7-12-11(14-9)13-8(3)10(15)17-5-2/h6-8H,4-5H2,1-3H3,(H,12,13,14). The van der Waals surface area contributed by atoms with Crippen molar-refractivity contribution in [2.45, 2.75) is 26.8 Å². The van der Waals surface area contributed by atoms with E-state index in [9.17, 15) is 4.79 Å². The van der Waals surface area contributed by atoms with Gasteiger partial charge < -0.3 is 14.8 Å². The van der Waals surface area contributed by atoms with E-state index in [4.69, 9.17) is 9.47 Å². The second-order valence-electron chi connectivity index (χ2n) is 3.27. The second kappa shape index (κ2) is 6.67. The van der Waals surface area contributed by atoms with Crippen molar-refractivity contribution in [2.24, 2.45) is 0 Å². The largest absolute Gasteiger partial charge is 0.478 e.